The van der Waals surface area contributed by atoms with Crippen LogP contribution in [0.15, 0.2) is 35.1 Å². The Kier molecular flexibility index (Phi) is 1.16. The lowest BCUT2D eigenvalue weighted by Gasteiger charge is -2.04. The highest BCUT2D eigenvalue weighted by Gasteiger charge is 2.13. The molecule has 0 radical (unpaired) electrons. The first-order valence-electron chi connectivity index (χ1n) is 3.68. The van der Waals surface area contributed by atoms with Gasteiger partial charge in [-0.3, -0.25) is 0 Å². The normalized spacial score (nSPS) is 22.3. The molecule has 0 unspecified atom stereocenters. The Morgan fingerprint density at radius 2 is 2.40 bits per heavy atom. The zero-order valence-electron chi connectivity index (χ0n) is 6.15. The van der Waals surface area contributed by atoms with Crippen molar-refractivity contribution in [3.63, 3.8) is 0 Å². The van der Waals surface area contributed by atoms with Crippen molar-refractivity contribution in [3.8, 4) is 0 Å². The second-order valence-corrected chi connectivity index (χ2v) is 2.80. The molecule has 2 rings (SSSR count). The number of hydrogen-bond donors (Lipinski definition) is 1. The molecule has 1 nitrogen and oxygen atoms in total. The van der Waals surface area contributed by atoms with Crippen molar-refractivity contribution in [2.75, 3.05) is 6.54 Å². The molecular weight excluding hydrogens is 122 g/mol. The molecule has 2 aliphatic rings. The monoisotopic (exact) mass is 133 g/mol. The number of allylic oxidation sites excluding steroid dienone is 3. The Bertz CT molecular complexity index is 243. The van der Waals surface area contributed by atoms with Gasteiger partial charge in [-0.25, -0.2) is 0 Å². The highest BCUT2D eigenvalue weighted by Crippen LogP contribution is 2.23. The van der Waals surface area contributed by atoms with Gasteiger partial charge in [-0.15, -0.1) is 0 Å². The average Bonchev–Trinajstić information content (AvgIpc) is 2.34. The van der Waals surface area contributed by atoms with Gasteiger partial charge < -0.3 is 5.32 Å². The van der Waals surface area contributed by atoms with Crippen molar-refractivity contribution in [1.82, 2.24) is 5.32 Å². The summed E-state index contributed by atoms with van der Waals surface area (Å²) in [7, 11) is 0. The first-order chi connectivity index (χ1) is 4.88. The number of nitrogens with one attached hydrogen (secondary N) is 1. The summed E-state index contributed by atoms with van der Waals surface area (Å²) in [5.74, 6) is 0. The summed E-state index contributed by atoms with van der Waals surface area (Å²) in [4.78, 5) is 0. The van der Waals surface area contributed by atoms with Crippen LogP contribution in [0.5, 0.6) is 0 Å². The van der Waals surface area contributed by atoms with E-state index in [4.69, 9.17) is 0 Å². The number of fused-ring (bicyclic) bond motifs is 1. The van der Waals surface area contributed by atoms with E-state index in [0.717, 1.165) is 13.0 Å². The standard InChI is InChI=1S/C9H11N/c1-7-6-10-9-5-3-2-4-8(7)9/h2,4-5,10H,3,6H2,1H3. The predicted molar refractivity (Wildman–Crippen MR) is 42.5 cm³/mol. The molecule has 1 heteroatoms. The second kappa shape index (κ2) is 2.01. The third-order valence-electron chi connectivity index (χ3n) is 2.04. The molecule has 1 N–H and O–H groups in total. The molecule has 0 bridgehead atoms. The van der Waals surface area contributed by atoms with Crippen LogP contribution in [-0.4, -0.2) is 6.54 Å². The minimum Gasteiger partial charge on any atom is -0.381 e. The molecule has 0 atom stereocenters. The van der Waals surface area contributed by atoms with Gasteiger partial charge in [0.1, 0.15) is 0 Å². The fraction of sp³-hybridized carbons (Fsp3) is 0.333. The maximum Gasteiger partial charge on any atom is 0.0378 e. The van der Waals surface area contributed by atoms with E-state index in [1.54, 1.807) is 0 Å². The lowest BCUT2D eigenvalue weighted by molar-refractivity contribution is 0.940. The van der Waals surface area contributed by atoms with Gasteiger partial charge in [-0.1, -0.05) is 18.2 Å². The smallest absolute Gasteiger partial charge is 0.0378 e. The number of rotatable bonds is 0. The van der Waals surface area contributed by atoms with E-state index in [-0.39, 0.29) is 0 Å². The zero-order valence-corrected chi connectivity index (χ0v) is 6.15. The van der Waals surface area contributed by atoms with E-state index >= 15 is 0 Å². The number of hydrogen-bond acceptors (Lipinski definition) is 1. The Morgan fingerprint density at radius 1 is 1.50 bits per heavy atom. The minimum atomic E-state index is 1.03. The first kappa shape index (κ1) is 5.78. The van der Waals surface area contributed by atoms with E-state index in [0.29, 0.717) is 0 Å². The molecule has 1 aliphatic heterocycles. The van der Waals surface area contributed by atoms with Crippen molar-refractivity contribution in [2.24, 2.45) is 0 Å². The molecule has 10 heavy (non-hydrogen) atoms. The van der Waals surface area contributed by atoms with Crippen LogP contribution < -0.4 is 5.32 Å². The SMILES string of the molecule is CC1=C2C=CCC=C2NC1. The lowest BCUT2D eigenvalue weighted by atomic mass is 10.0. The molecule has 0 spiro atoms. The Morgan fingerprint density at radius 3 is 3.20 bits per heavy atom. The average molecular weight is 133 g/mol. The summed E-state index contributed by atoms with van der Waals surface area (Å²) in [5, 5.41) is 3.34. The first-order valence-corrected chi connectivity index (χ1v) is 3.68. The highest BCUT2D eigenvalue weighted by atomic mass is 14.9. The van der Waals surface area contributed by atoms with Crippen LogP contribution in [-0.2, 0) is 0 Å². The van der Waals surface area contributed by atoms with Crippen LogP contribution in [0.1, 0.15) is 13.3 Å². The third-order valence-corrected chi connectivity index (χ3v) is 2.04. The van der Waals surface area contributed by atoms with Crippen LogP contribution in [0.3, 0.4) is 0 Å². The third kappa shape index (κ3) is 0.703. The van der Waals surface area contributed by atoms with E-state index < -0.39 is 0 Å². The molecule has 0 fully saturated rings. The van der Waals surface area contributed by atoms with Crippen LogP contribution >= 0.6 is 0 Å². The van der Waals surface area contributed by atoms with E-state index in [1.807, 2.05) is 0 Å². The van der Waals surface area contributed by atoms with Crippen LogP contribution in [0.2, 0.25) is 0 Å². The fourth-order valence-electron chi connectivity index (χ4n) is 1.43. The van der Waals surface area contributed by atoms with Gasteiger partial charge in [0.25, 0.3) is 0 Å². The lowest BCUT2D eigenvalue weighted by Crippen LogP contribution is -2.07. The van der Waals surface area contributed by atoms with Crippen molar-refractivity contribution < 1.29 is 0 Å². The predicted octanol–water partition coefficient (Wildman–Crippen LogP) is 1.75. The van der Waals surface area contributed by atoms with Crippen molar-refractivity contribution in [1.29, 1.82) is 0 Å². The highest BCUT2D eigenvalue weighted by molar-refractivity contribution is 5.49. The van der Waals surface area contributed by atoms with Gasteiger partial charge in [-0.2, -0.15) is 0 Å². The van der Waals surface area contributed by atoms with Crippen LogP contribution in [0, 0.1) is 0 Å². The van der Waals surface area contributed by atoms with Crippen LogP contribution in [0.4, 0.5) is 0 Å². The minimum absolute atomic E-state index is 1.03. The Balaban J connectivity index is 2.44. The van der Waals surface area contributed by atoms with Gasteiger partial charge in [0.2, 0.25) is 0 Å². The molecular formula is C9H11N. The van der Waals surface area contributed by atoms with Gasteiger partial charge >= 0.3 is 0 Å². The van der Waals surface area contributed by atoms with Gasteiger partial charge in [-0.05, 0) is 24.5 Å². The summed E-state index contributed by atoms with van der Waals surface area (Å²) in [5.41, 5.74) is 4.20. The van der Waals surface area contributed by atoms with Crippen molar-refractivity contribution >= 4 is 0 Å². The second-order valence-electron chi connectivity index (χ2n) is 2.80. The summed E-state index contributed by atoms with van der Waals surface area (Å²) >= 11 is 0. The largest absolute Gasteiger partial charge is 0.381 e. The van der Waals surface area contributed by atoms with Gasteiger partial charge in [0.15, 0.2) is 0 Å². The van der Waals surface area contributed by atoms with E-state index in [2.05, 4.69) is 30.5 Å². The van der Waals surface area contributed by atoms with E-state index in [9.17, 15) is 0 Å². The molecule has 1 heterocycles. The molecule has 52 valence electrons. The quantitative estimate of drug-likeness (QED) is 0.531. The molecule has 0 aromatic carbocycles. The molecule has 0 amide bonds. The molecule has 0 aromatic heterocycles. The van der Waals surface area contributed by atoms with Crippen molar-refractivity contribution in [3.05, 3.63) is 35.1 Å². The maximum absolute atomic E-state index is 3.34. The van der Waals surface area contributed by atoms with Crippen molar-refractivity contribution in [2.45, 2.75) is 13.3 Å². The molecule has 1 aliphatic carbocycles. The summed E-state index contributed by atoms with van der Waals surface area (Å²) in [6.07, 6.45) is 7.74. The molecule has 0 saturated heterocycles. The topological polar surface area (TPSA) is 12.0 Å². The zero-order chi connectivity index (χ0) is 6.97. The van der Waals surface area contributed by atoms with Gasteiger partial charge in [0.05, 0.1) is 0 Å². The van der Waals surface area contributed by atoms with Crippen LogP contribution in [0.25, 0.3) is 0 Å². The molecule has 0 saturated carbocycles. The Hall–Kier alpha value is -0.980. The summed E-state index contributed by atoms with van der Waals surface area (Å²) in [6.45, 7) is 3.21. The summed E-state index contributed by atoms with van der Waals surface area (Å²) in [6, 6.07) is 0. The maximum atomic E-state index is 3.34. The van der Waals surface area contributed by atoms with E-state index in [1.165, 1.54) is 16.8 Å². The molecule has 0 aromatic rings. The van der Waals surface area contributed by atoms with Gasteiger partial charge in [0, 0.05) is 12.2 Å². The fourth-order valence-corrected chi connectivity index (χ4v) is 1.43. The Labute approximate surface area is 61.1 Å². The summed E-state index contributed by atoms with van der Waals surface area (Å²) < 4.78 is 0.